The number of ether oxygens (including phenoxy) is 2. The number of rotatable bonds is 9. The number of hydrogen-bond donors (Lipinski definition) is 0. The molecule has 0 radical (unpaired) electrons. The van der Waals surface area contributed by atoms with Crippen LogP contribution in [-0.4, -0.2) is 14.2 Å². The van der Waals surface area contributed by atoms with E-state index in [0.717, 1.165) is 36.8 Å². The summed E-state index contributed by atoms with van der Waals surface area (Å²) in [4.78, 5) is 0. The second-order valence-electron chi connectivity index (χ2n) is 9.27. The largest absolute Gasteiger partial charge is 0.505 e. The molecule has 4 rings (SSSR count). The van der Waals surface area contributed by atoms with Gasteiger partial charge in [-0.1, -0.05) is 96.5 Å². The Bertz CT molecular complexity index is 1430. The summed E-state index contributed by atoms with van der Waals surface area (Å²) < 4.78 is 10.0. The van der Waals surface area contributed by atoms with Crippen LogP contribution >= 0.6 is 0 Å². The van der Waals surface area contributed by atoms with Gasteiger partial charge in [0.2, 0.25) is 0 Å². The van der Waals surface area contributed by atoms with Crippen molar-refractivity contribution in [3.05, 3.63) is 155 Å². The lowest BCUT2D eigenvalue weighted by atomic mass is 10.0. The Labute approximate surface area is 239 Å². The summed E-state index contributed by atoms with van der Waals surface area (Å²) in [6.07, 6.45) is 10.6. The molecule has 0 bridgehead atoms. The third kappa shape index (κ3) is 8.56. The van der Waals surface area contributed by atoms with E-state index in [1.165, 1.54) is 33.4 Å². The second-order valence-corrected chi connectivity index (χ2v) is 9.27. The molecule has 0 aliphatic rings. The topological polar surface area (TPSA) is 18.5 Å². The SMILES string of the molecule is CO/C=C/Cc1ccccc1CC#Cc1ccc(-c2ccc(C#CCc3ccccc3C/C=C/OC)cc2)cc1. The first kappa shape index (κ1) is 28.1. The fraction of sp³-hybridized carbons (Fsp3) is 0.158. The van der Waals surface area contributed by atoms with Crippen molar-refractivity contribution in [2.24, 2.45) is 0 Å². The summed E-state index contributed by atoms with van der Waals surface area (Å²) in [5.41, 5.74) is 9.40. The average molecular weight is 523 g/mol. The molecule has 4 aromatic carbocycles. The third-order valence-electron chi connectivity index (χ3n) is 6.50. The Morgan fingerprint density at radius 3 is 1.25 bits per heavy atom. The molecule has 0 aliphatic heterocycles. The first-order valence-electron chi connectivity index (χ1n) is 13.4. The molecular weight excluding hydrogens is 488 g/mol. The minimum absolute atomic E-state index is 0.720. The molecule has 0 saturated heterocycles. The highest BCUT2D eigenvalue weighted by molar-refractivity contribution is 5.65. The molecular formula is C38H34O2. The molecule has 0 fully saturated rings. The fourth-order valence-electron chi connectivity index (χ4n) is 4.38. The third-order valence-corrected chi connectivity index (χ3v) is 6.50. The van der Waals surface area contributed by atoms with Gasteiger partial charge in [0.15, 0.2) is 0 Å². The summed E-state index contributed by atoms with van der Waals surface area (Å²) >= 11 is 0. The van der Waals surface area contributed by atoms with Gasteiger partial charge in [-0.05, 0) is 82.6 Å². The quantitative estimate of drug-likeness (QED) is 0.164. The van der Waals surface area contributed by atoms with E-state index >= 15 is 0 Å². The highest BCUT2D eigenvalue weighted by Crippen LogP contribution is 2.20. The summed E-state index contributed by atoms with van der Waals surface area (Å²) in [5, 5.41) is 0. The minimum Gasteiger partial charge on any atom is -0.505 e. The van der Waals surface area contributed by atoms with Crippen molar-refractivity contribution in [3.63, 3.8) is 0 Å². The highest BCUT2D eigenvalue weighted by atomic mass is 16.5. The van der Waals surface area contributed by atoms with Crippen molar-refractivity contribution >= 4 is 0 Å². The van der Waals surface area contributed by atoms with Gasteiger partial charge in [0, 0.05) is 24.0 Å². The zero-order chi connectivity index (χ0) is 27.8. The number of allylic oxidation sites excluding steroid dienone is 2. The van der Waals surface area contributed by atoms with Crippen LogP contribution in [0.2, 0.25) is 0 Å². The summed E-state index contributed by atoms with van der Waals surface area (Å²) in [6.45, 7) is 0. The van der Waals surface area contributed by atoms with Gasteiger partial charge in [-0.2, -0.15) is 0 Å². The molecule has 0 amide bonds. The molecule has 2 heteroatoms. The van der Waals surface area contributed by atoms with Gasteiger partial charge < -0.3 is 9.47 Å². The second kappa shape index (κ2) is 15.5. The van der Waals surface area contributed by atoms with E-state index in [4.69, 9.17) is 9.47 Å². The number of hydrogen-bond acceptors (Lipinski definition) is 2. The van der Waals surface area contributed by atoms with E-state index in [2.05, 4.69) is 121 Å². The van der Waals surface area contributed by atoms with Crippen LogP contribution in [0, 0.1) is 23.7 Å². The molecule has 0 aromatic heterocycles. The van der Waals surface area contributed by atoms with Gasteiger partial charge in [-0.3, -0.25) is 0 Å². The summed E-state index contributed by atoms with van der Waals surface area (Å²) in [7, 11) is 3.33. The van der Waals surface area contributed by atoms with E-state index < -0.39 is 0 Å². The maximum absolute atomic E-state index is 5.02. The van der Waals surface area contributed by atoms with Crippen LogP contribution in [0.5, 0.6) is 0 Å². The van der Waals surface area contributed by atoms with E-state index in [1.807, 2.05) is 12.2 Å². The molecule has 2 nitrogen and oxygen atoms in total. The minimum atomic E-state index is 0.720. The number of methoxy groups -OCH3 is 2. The molecule has 0 saturated carbocycles. The van der Waals surface area contributed by atoms with E-state index in [9.17, 15) is 0 Å². The van der Waals surface area contributed by atoms with Gasteiger partial charge in [-0.15, -0.1) is 0 Å². The zero-order valence-electron chi connectivity index (χ0n) is 23.2. The monoisotopic (exact) mass is 522 g/mol. The van der Waals surface area contributed by atoms with Crippen LogP contribution in [0.1, 0.15) is 33.4 Å². The molecule has 0 heterocycles. The van der Waals surface area contributed by atoms with E-state index in [1.54, 1.807) is 26.7 Å². The number of benzene rings is 4. The Kier molecular flexibility index (Phi) is 10.9. The smallest absolute Gasteiger partial charge is 0.0788 e. The Hall–Kier alpha value is -4.92. The van der Waals surface area contributed by atoms with Crippen molar-refractivity contribution < 1.29 is 9.47 Å². The van der Waals surface area contributed by atoms with Gasteiger partial charge in [0.05, 0.1) is 26.7 Å². The van der Waals surface area contributed by atoms with Gasteiger partial charge >= 0.3 is 0 Å². The van der Waals surface area contributed by atoms with Crippen molar-refractivity contribution in [2.45, 2.75) is 25.7 Å². The normalized spacial score (nSPS) is 10.6. The lowest BCUT2D eigenvalue weighted by Gasteiger charge is -2.04. The molecule has 4 aromatic rings. The van der Waals surface area contributed by atoms with Crippen molar-refractivity contribution in [1.29, 1.82) is 0 Å². The maximum atomic E-state index is 5.02. The predicted molar refractivity (Wildman–Crippen MR) is 166 cm³/mol. The van der Waals surface area contributed by atoms with Crippen molar-refractivity contribution in [3.8, 4) is 34.8 Å². The first-order chi connectivity index (χ1) is 19.8. The van der Waals surface area contributed by atoms with Gasteiger partial charge in [0.1, 0.15) is 0 Å². The first-order valence-corrected chi connectivity index (χ1v) is 13.4. The van der Waals surface area contributed by atoms with Crippen LogP contribution in [0.15, 0.2) is 122 Å². The van der Waals surface area contributed by atoms with Crippen LogP contribution in [-0.2, 0) is 35.2 Å². The lowest BCUT2D eigenvalue weighted by Crippen LogP contribution is -1.91. The molecule has 198 valence electrons. The van der Waals surface area contributed by atoms with Crippen LogP contribution in [0.25, 0.3) is 11.1 Å². The average Bonchev–Trinajstić information content (AvgIpc) is 3.00. The Morgan fingerprint density at radius 1 is 0.500 bits per heavy atom. The lowest BCUT2D eigenvalue weighted by molar-refractivity contribution is 0.336. The highest BCUT2D eigenvalue weighted by Gasteiger charge is 2.01. The summed E-state index contributed by atoms with van der Waals surface area (Å²) in [5.74, 6) is 13.3. The zero-order valence-corrected chi connectivity index (χ0v) is 23.2. The van der Waals surface area contributed by atoms with E-state index in [0.29, 0.717) is 0 Å². The molecule has 40 heavy (non-hydrogen) atoms. The molecule has 0 N–H and O–H groups in total. The Balaban J connectivity index is 1.35. The van der Waals surface area contributed by atoms with Crippen molar-refractivity contribution in [1.82, 2.24) is 0 Å². The molecule has 0 atom stereocenters. The standard InChI is InChI=1S/C38H34O2/c1-39-29-9-19-35-15-5-3-13-33(35)17-7-11-31-21-25-37(26-22-31)38-27-23-32(24-28-38)12-8-18-34-14-4-6-16-36(34)20-10-30-40-2/h3-6,9-10,13-16,21-30H,17-20H2,1-2H3/b29-9+,30-10+. The van der Waals surface area contributed by atoms with E-state index in [-0.39, 0.29) is 0 Å². The van der Waals surface area contributed by atoms with Crippen molar-refractivity contribution in [2.75, 3.05) is 14.2 Å². The van der Waals surface area contributed by atoms with Gasteiger partial charge in [-0.25, -0.2) is 0 Å². The van der Waals surface area contributed by atoms with Crippen LogP contribution in [0.3, 0.4) is 0 Å². The maximum Gasteiger partial charge on any atom is 0.0788 e. The van der Waals surface area contributed by atoms with Gasteiger partial charge in [0.25, 0.3) is 0 Å². The molecule has 0 spiro atoms. The molecule has 0 aliphatic carbocycles. The van der Waals surface area contributed by atoms with Crippen LogP contribution < -0.4 is 0 Å². The fourth-order valence-corrected chi connectivity index (χ4v) is 4.38. The summed E-state index contributed by atoms with van der Waals surface area (Å²) in [6, 6.07) is 33.7. The Morgan fingerprint density at radius 2 is 0.875 bits per heavy atom. The molecule has 0 unspecified atom stereocenters. The predicted octanol–water partition coefficient (Wildman–Crippen LogP) is 7.95. The van der Waals surface area contributed by atoms with Crippen LogP contribution in [0.4, 0.5) is 0 Å².